The number of nitrogens with one attached hydrogen (secondary N) is 1. The molecule has 0 aliphatic carbocycles. The zero-order chi connectivity index (χ0) is 12.8. The highest BCUT2D eigenvalue weighted by atomic mass is 79.9. The molecule has 1 unspecified atom stereocenters. The molecule has 0 saturated heterocycles. The van der Waals surface area contributed by atoms with Gasteiger partial charge < -0.3 is 15.5 Å². The molecule has 3 N–H and O–H groups in total. The van der Waals surface area contributed by atoms with E-state index in [4.69, 9.17) is 0 Å². The topological polar surface area (TPSA) is 69.6 Å². The molecular formula is C12H16BrNO3. The minimum absolute atomic E-state index is 0.0418. The number of benzene rings is 1. The molecular weight excluding hydrogens is 286 g/mol. The van der Waals surface area contributed by atoms with Gasteiger partial charge in [0.25, 0.3) is 5.91 Å². The van der Waals surface area contributed by atoms with Crippen molar-refractivity contribution in [1.29, 1.82) is 0 Å². The zero-order valence-corrected chi connectivity index (χ0v) is 11.2. The van der Waals surface area contributed by atoms with Crippen molar-refractivity contribution in [2.45, 2.75) is 24.6 Å². The number of carbonyl (C=O) groups is 1. The first-order valence-corrected chi connectivity index (χ1v) is 6.40. The van der Waals surface area contributed by atoms with E-state index in [1.54, 1.807) is 0 Å². The molecule has 0 radical (unpaired) electrons. The van der Waals surface area contributed by atoms with Gasteiger partial charge in [0, 0.05) is 11.4 Å². The van der Waals surface area contributed by atoms with Crippen molar-refractivity contribution >= 4 is 21.8 Å². The van der Waals surface area contributed by atoms with E-state index in [0.29, 0.717) is 11.4 Å². The summed E-state index contributed by atoms with van der Waals surface area (Å²) < 4.78 is 0. The van der Waals surface area contributed by atoms with Gasteiger partial charge in [0.2, 0.25) is 0 Å². The van der Waals surface area contributed by atoms with E-state index in [9.17, 15) is 15.0 Å². The number of amides is 1. The Morgan fingerprint density at radius 1 is 1.47 bits per heavy atom. The number of rotatable bonds is 5. The highest BCUT2D eigenvalue weighted by Crippen LogP contribution is 2.21. The van der Waals surface area contributed by atoms with E-state index < -0.39 is 0 Å². The van der Waals surface area contributed by atoms with Crippen molar-refractivity contribution in [1.82, 2.24) is 5.32 Å². The lowest BCUT2D eigenvalue weighted by Crippen LogP contribution is -2.26. The number of carbonyl (C=O) groups excluding carboxylic acids is 1. The molecule has 1 aromatic carbocycles. The number of hydrogen-bond acceptors (Lipinski definition) is 3. The third-order valence-electron chi connectivity index (χ3n) is 2.41. The first-order chi connectivity index (χ1) is 8.04. The van der Waals surface area contributed by atoms with Crippen LogP contribution in [0.3, 0.4) is 0 Å². The summed E-state index contributed by atoms with van der Waals surface area (Å²) >= 11 is 3.47. The molecule has 0 aliphatic rings. The summed E-state index contributed by atoms with van der Waals surface area (Å²) in [6.07, 6.45) is 1.81. The second-order valence-electron chi connectivity index (χ2n) is 3.75. The van der Waals surface area contributed by atoms with E-state index in [0.717, 1.165) is 12.8 Å². The molecule has 0 fully saturated rings. The number of phenolic OH excluding ortho intramolecular Hbond substituents is 2. The lowest BCUT2D eigenvalue weighted by atomic mass is 10.1. The molecule has 1 aromatic rings. The van der Waals surface area contributed by atoms with Gasteiger partial charge in [-0.1, -0.05) is 22.9 Å². The van der Waals surface area contributed by atoms with Crippen molar-refractivity contribution < 1.29 is 15.0 Å². The second-order valence-corrected chi connectivity index (χ2v) is 5.05. The largest absolute Gasteiger partial charge is 0.508 e. The average molecular weight is 302 g/mol. The van der Waals surface area contributed by atoms with Crippen LogP contribution in [-0.2, 0) is 0 Å². The van der Waals surface area contributed by atoms with Gasteiger partial charge in [-0.25, -0.2) is 0 Å². The Morgan fingerprint density at radius 2 is 2.18 bits per heavy atom. The highest BCUT2D eigenvalue weighted by molar-refractivity contribution is 9.09. The molecule has 94 valence electrons. The van der Waals surface area contributed by atoms with Crippen molar-refractivity contribution in [3.05, 3.63) is 23.8 Å². The van der Waals surface area contributed by atoms with Gasteiger partial charge >= 0.3 is 0 Å². The monoisotopic (exact) mass is 301 g/mol. The number of phenols is 2. The van der Waals surface area contributed by atoms with Crippen LogP contribution in [0, 0.1) is 0 Å². The van der Waals surface area contributed by atoms with E-state index in [1.165, 1.54) is 18.2 Å². The Labute approximate surface area is 109 Å². The lowest BCUT2D eigenvalue weighted by Gasteiger charge is -2.09. The number of halogens is 1. The van der Waals surface area contributed by atoms with Crippen molar-refractivity contribution in [3.8, 4) is 11.5 Å². The molecule has 5 heteroatoms. The van der Waals surface area contributed by atoms with E-state index in [1.807, 2.05) is 0 Å². The normalized spacial score (nSPS) is 12.1. The Morgan fingerprint density at radius 3 is 2.82 bits per heavy atom. The van der Waals surface area contributed by atoms with Crippen molar-refractivity contribution in [3.63, 3.8) is 0 Å². The first-order valence-electron chi connectivity index (χ1n) is 5.48. The Bertz CT molecular complexity index is 395. The predicted octanol–water partition coefficient (Wildman–Crippen LogP) is 2.39. The average Bonchev–Trinajstić information content (AvgIpc) is 2.31. The summed E-state index contributed by atoms with van der Waals surface area (Å²) in [5.41, 5.74) is 0.0904. The van der Waals surface area contributed by atoms with Crippen LogP contribution in [0.1, 0.15) is 30.1 Å². The van der Waals surface area contributed by atoms with Crippen LogP contribution in [0.2, 0.25) is 0 Å². The summed E-state index contributed by atoms with van der Waals surface area (Å²) in [5, 5.41) is 21.4. The van der Waals surface area contributed by atoms with Crippen LogP contribution in [0.15, 0.2) is 18.2 Å². The number of hydrogen-bond donors (Lipinski definition) is 3. The molecule has 1 amide bonds. The third-order valence-corrected chi connectivity index (χ3v) is 3.52. The third kappa shape index (κ3) is 4.26. The molecule has 1 atom stereocenters. The van der Waals surface area contributed by atoms with Gasteiger partial charge in [0.1, 0.15) is 11.5 Å². The van der Waals surface area contributed by atoms with Gasteiger partial charge in [-0.3, -0.25) is 4.79 Å². The maximum absolute atomic E-state index is 11.7. The fourth-order valence-electron chi connectivity index (χ4n) is 1.35. The van der Waals surface area contributed by atoms with Crippen molar-refractivity contribution in [2.75, 3.05) is 6.54 Å². The summed E-state index contributed by atoms with van der Waals surface area (Å²) in [6.45, 7) is 2.58. The Balaban J connectivity index is 2.55. The lowest BCUT2D eigenvalue weighted by molar-refractivity contribution is 0.0950. The van der Waals surface area contributed by atoms with E-state index in [2.05, 4.69) is 28.2 Å². The van der Waals surface area contributed by atoms with Gasteiger partial charge in [-0.05, 0) is 31.0 Å². The van der Waals surface area contributed by atoms with Gasteiger partial charge in [0.15, 0.2) is 0 Å². The minimum Gasteiger partial charge on any atom is -0.508 e. The SMILES string of the molecule is CCC(Br)CCNC(=O)c1cc(O)ccc1O. The Kier molecular flexibility index (Phi) is 5.28. The number of alkyl halides is 1. The molecule has 0 spiro atoms. The van der Waals surface area contributed by atoms with E-state index in [-0.39, 0.29) is 23.0 Å². The molecule has 0 aromatic heterocycles. The quantitative estimate of drug-likeness (QED) is 0.578. The molecule has 1 rings (SSSR count). The smallest absolute Gasteiger partial charge is 0.255 e. The van der Waals surface area contributed by atoms with Crippen molar-refractivity contribution in [2.24, 2.45) is 0 Å². The zero-order valence-electron chi connectivity index (χ0n) is 9.61. The van der Waals surface area contributed by atoms with Gasteiger partial charge in [-0.15, -0.1) is 0 Å². The molecule has 0 heterocycles. The predicted molar refractivity (Wildman–Crippen MR) is 69.7 cm³/mol. The van der Waals surface area contributed by atoms with Crippen LogP contribution in [-0.4, -0.2) is 27.5 Å². The molecule has 17 heavy (non-hydrogen) atoms. The minimum atomic E-state index is -0.380. The molecule has 0 bridgehead atoms. The first kappa shape index (κ1) is 13.8. The highest BCUT2D eigenvalue weighted by Gasteiger charge is 2.11. The fraction of sp³-hybridized carbons (Fsp3) is 0.417. The molecule has 0 aliphatic heterocycles. The van der Waals surface area contributed by atoms with Gasteiger partial charge in [0.05, 0.1) is 5.56 Å². The summed E-state index contributed by atoms with van der Waals surface area (Å²) in [6, 6.07) is 3.87. The van der Waals surface area contributed by atoms with Gasteiger partial charge in [-0.2, -0.15) is 0 Å². The summed E-state index contributed by atoms with van der Waals surface area (Å²) in [7, 11) is 0. The second kappa shape index (κ2) is 6.49. The van der Waals surface area contributed by atoms with Crippen LogP contribution in [0.4, 0.5) is 0 Å². The summed E-state index contributed by atoms with van der Waals surface area (Å²) in [4.78, 5) is 12.1. The van der Waals surface area contributed by atoms with Crippen LogP contribution in [0.5, 0.6) is 11.5 Å². The molecule has 4 nitrogen and oxygen atoms in total. The van der Waals surface area contributed by atoms with Crippen LogP contribution < -0.4 is 5.32 Å². The standard InChI is InChI=1S/C12H16BrNO3/c1-2-8(13)5-6-14-12(17)10-7-9(15)3-4-11(10)16/h3-4,7-8,15-16H,2,5-6H2,1H3,(H,14,17). The fourth-order valence-corrected chi connectivity index (χ4v) is 1.58. The number of aromatic hydroxyl groups is 2. The molecule has 0 saturated carbocycles. The van der Waals surface area contributed by atoms with Crippen LogP contribution >= 0.6 is 15.9 Å². The van der Waals surface area contributed by atoms with Crippen LogP contribution in [0.25, 0.3) is 0 Å². The Hall–Kier alpha value is -1.23. The van der Waals surface area contributed by atoms with E-state index >= 15 is 0 Å². The maximum atomic E-state index is 11.7. The summed E-state index contributed by atoms with van der Waals surface area (Å²) in [5.74, 6) is -0.555. The maximum Gasteiger partial charge on any atom is 0.255 e.